The molecular weight excluding hydrogens is 278 g/mol. The predicted octanol–water partition coefficient (Wildman–Crippen LogP) is -0.0588. The Kier molecular flexibility index (Phi) is 5.50. The van der Waals surface area contributed by atoms with Crippen LogP contribution in [0.4, 0.5) is 0 Å². The molecule has 1 aromatic rings. The molecule has 20 heavy (non-hydrogen) atoms. The maximum absolute atomic E-state index is 12.1. The molecule has 2 rings (SSSR count). The van der Waals surface area contributed by atoms with Crippen LogP contribution in [0.5, 0.6) is 0 Å². The average Bonchev–Trinajstić information content (AvgIpc) is 2.47. The minimum Gasteiger partial charge on any atom is -0.378 e. The summed E-state index contributed by atoms with van der Waals surface area (Å²) in [4.78, 5) is 0. The Morgan fingerprint density at radius 2 is 2.15 bits per heavy atom. The van der Waals surface area contributed by atoms with Crippen molar-refractivity contribution in [3.63, 3.8) is 0 Å². The van der Waals surface area contributed by atoms with E-state index in [1.54, 1.807) is 7.05 Å². The number of benzene rings is 1. The topological polar surface area (TPSA) is 70.7 Å². The van der Waals surface area contributed by atoms with Crippen LogP contribution in [0.3, 0.4) is 0 Å². The molecule has 0 radical (unpaired) electrons. The molecule has 1 aliphatic rings. The molecule has 6 nitrogen and oxygen atoms in total. The van der Waals surface area contributed by atoms with Crippen LogP contribution in [-0.2, 0) is 21.5 Å². The van der Waals surface area contributed by atoms with Gasteiger partial charge in [-0.25, -0.2) is 4.72 Å². The summed E-state index contributed by atoms with van der Waals surface area (Å²) < 4.78 is 33.5. The Morgan fingerprint density at radius 1 is 1.40 bits per heavy atom. The lowest BCUT2D eigenvalue weighted by molar-refractivity contribution is 0.0783. The monoisotopic (exact) mass is 299 g/mol. The third-order valence-corrected chi connectivity index (χ3v) is 4.65. The van der Waals surface area contributed by atoms with Crippen molar-refractivity contribution in [3.05, 3.63) is 35.9 Å². The maximum atomic E-state index is 12.1. The van der Waals surface area contributed by atoms with Crippen molar-refractivity contribution in [1.29, 1.82) is 0 Å². The van der Waals surface area contributed by atoms with E-state index in [0.717, 1.165) is 12.1 Å². The smallest absolute Gasteiger partial charge is 0.279 e. The minimum absolute atomic E-state index is 0.0312. The first-order chi connectivity index (χ1) is 9.58. The predicted molar refractivity (Wildman–Crippen MR) is 77.4 cm³/mol. The zero-order valence-electron chi connectivity index (χ0n) is 11.6. The summed E-state index contributed by atoms with van der Waals surface area (Å²) in [6, 6.07) is 9.54. The van der Waals surface area contributed by atoms with E-state index in [9.17, 15) is 8.42 Å². The summed E-state index contributed by atoms with van der Waals surface area (Å²) in [6.07, 6.45) is 0. The van der Waals surface area contributed by atoms with Gasteiger partial charge in [0.25, 0.3) is 10.2 Å². The lowest BCUT2D eigenvalue weighted by atomic mass is 10.2. The van der Waals surface area contributed by atoms with Crippen molar-refractivity contribution in [2.75, 3.05) is 33.4 Å². The second-order valence-electron chi connectivity index (χ2n) is 4.82. The molecule has 1 aromatic carbocycles. The number of rotatable bonds is 6. The van der Waals surface area contributed by atoms with Crippen LogP contribution < -0.4 is 10.0 Å². The summed E-state index contributed by atoms with van der Waals surface area (Å²) in [5.41, 5.74) is 0.958. The average molecular weight is 299 g/mol. The van der Waals surface area contributed by atoms with Gasteiger partial charge in [-0.15, -0.1) is 0 Å². The molecule has 1 atom stereocenters. The zero-order chi connectivity index (χ0) is 14.4. The van der Waals surface area contributed by atoms with E-state index in [-0.39, 0.29) is 6.04 Å². The number of hydrogen-bond donors (Lipinski definition) is 2. The van der Waals surface area contributed by atoms with E-state index in [1.165, 1.54) is 4.31 Å². The van der Waals surface area contributed by atoms with Crippen molar-refractivity contribution in [3.8, 4) is 0 Å². The van der Waals surface area contributed by atoms with Gasteiger partial charge in [-0.3, -0.25) is 0 Å². The fourth-order valence-corrected chi connectivity index (χ4v) is 2.94. The number of ether oxygens (including phenoxy) is 1. The Balaban J connectivity index is 1.85. The summed E-state index contributed by atoms with van der Waals surface area (Å²) >= 11 is 0. The van der Waals surface area contributed by atoms with E-state index >= 15 is 0 Å². The van der Waals surface area contributed by atoms with E-state index in [0.29, 0.717) is 26.3 Å². The first-order valence-electron chi connectivity index (χ1n) is 6.64. The van der Waals surface area contributed by atoms with Crippen LogP contribution in [0.2, 0.25) is 0 Å². The van der Waals surface area contributed by atoms with E-state index in [4.69, 9.17) is 4.74 Å². The molecule has 0 amide bonds. The van der Waals surface area contributed by atoms with Gasteiger partial charge in [0, 0.05) is 32.7 Å². The van der Waals surface area contributed by atoms with Crippen molar-refractivity contribution in [2.24, 2.45) is 0 Å². The Labute approximate surface area is 120 Å². The highest BCUT2D eigenvalue weighted by Crippen LogP contribution is 2.05. The molecular formula is C13H21N3O3S. The van der Waals surface area contributed by atoms with Crippen LogP contribution in [0.15, 0.2) is 30.3 Å². The van der Waals surface area contributed by atoms with Crippen molar-refractivity contribution < 1.29 is 13.2 Å². The van der Waals surface area contributed by atoms with Gasteiger partial charge >= 0.3 is 0 Å². The molecule has 0 bridgehead atoms. The molecule has 0 aromatic heterocycles. The Hall–Kier alpha value is -0.990. The number of nitrogens with zero attached hydrogens (tertiary/aromatic N) is 1. The van der Waals surface area contributed by atoms with Gasteiger partial charge in [-0.05, 0) is 5.56 Å². The lowest BCUT2D eigenvalue weighted by Crippen LogP contribution is -2.50. The first-order valence-corrected chi connectivity index (χ1v) is 8.08. The van der Waals surface area contributed by atoms with Crippen molar-refractivity contribution in [2.45, 2.75) is 12.6 Å². The van der Waals surface area contributed by atoms with E-state index in [1.807, 2.05) is 30.3 Å². The van der Waals surface area contributed by atoms with Crippen molar-refractivity contribution >= 4 is 10.2 Å². The number of morpholine rings is 1. The Morgan fingerprint density at radius 3 is 2.80 bits per heavy atom. The van der Waals surface area contributed by atoms with Crippen LogP contribution >= 0.6 is 0 Å². The van der Waals surface area contributed by atoms with E-state index in [2.05, 4.69) is 10.0 Å². The largest absolute Gasteiger partial charge is 0.378 e. The van der Waals surface area contributed by atoms with Gasteiger partial charge in [-0.2, -0.15) is 12.7 Å². The molecule has 1 heterocycles. The second kappa shape index (κ2) is 7.14. The minimum atomic E-state index is -3.47. The molecule has 1 unspecified atom stereocenters. The van der Waals surface area contributed by atoms with Crippen LogP contribution in [0.1, 0.15) is 5.56 Å². The Bertz CT molecular complexity index is 501. The van der Waals surface area contributed by atoms with Crippen LogP contribution in [0, 0.1) is 0 Å². The highest BCUT2D eigenvalue weighted by Gasteiger charge is 2.20. The van der Waals surface area contributed by atoms with Gasteiger partial charge in [-0.1, -0.05) is 30.3 Å². The summed E-state index contributed by atoms with van der Waals surface area (Å²) in [5.74, 6) is 0. The quantitative estimate of drug-likeness (QED) is 0.772. The summed E-state index contributed by atoms with van der Waals surface area (Å²) in [5, 5.41) is 3.21. The molecule has 2 N–H and O–H groups in total. The van der Waals surface area contributed by atoms with E-state index < -0.39 is 10.2 Å². The molecule has 0 aliphatic carbocycles. The van der Waals surface area contributed by atoms with Gasteiger partial charge in [0.05, 0.1) is 13.2 Å². The SMILES string of the molecule is CN(Cc1ccccc1)S(=O)(=O)NCC1COCCN1. The molecule has 0 spiro atoms. The molecule has 1 fully saturated rings. The fourth-order valence-electron chi connectivity index (χ4n) is 1.99. The lowest BCUT2D eigenvalue weighted by Gasteiger charge is -2.25. The summed E-state index contributed by atoms with van der Waals surface area (Å²) in [7, 11) is -1.90. The maximum Gasteiger partial charge on any atom is 0.279 e. The molecule has 0 saturated carbocycles. The zero-order valence-corrected chi connectivity index (χ0v) is 12.4. The fraction of sp³-hybridized carbons (Fsp3) is 0.538. The third-order valence-electron chi connectivity index (χ3n) is 3.17. The molecule has 1 aliphatic heterocycles. The molecule has 7 heteroatoms. The third kappa shape index (κ3) is 4.53. The highest BCUT2D eigenvalue weighted by molar-refractivity contribution is 7.87. The van der Waals surface area contributed by atoms with Crippen LogP contribution in [-0.4, -0.2) is 52.1 Å². The highest BCUT2D eigenvalue weighted by atomic mass is 32.2. The number of nitrogens with one attached hydrogen (secondary N) is 2. The van der Waals surface area contributed by atoms with Gasteiger partial charge in [0.2, 0.25) is 0 Å². The van der Waals surface area contributed by atoms with Gasteiger partial charge < -0.3 is 10.1 Å². The van der Waals surface area contributed by atoms with Crippen molar-refractivity contribution in [1.82, 2.24) is 14.3 Å². The van der Waals surface area contributed by atoms with Gasteiger partial charge in [0.1, 0.15) is 0 Å². The van der Waals surface area contributed by atoms with Crippen LogP contribution in [0.25, 0.3) is 0 Å². The molecule has 112 valence electrons. The first kappa shape index (κ1) is 15.4. The number of hydrogen-bond acceptors (Lipinski definition) is 4. The van der Waals surface area contributed by atoms with Gasteiger partial charge in [0.15, 0.2) is 0 Å². The molecule has 1 saturated heterocycles. The standard InChI is InChI=1S/C13H21N3O3S/c1-16(10-12-5-3-2-4-6-12)20(17,18)15-9-13-11-19-8-7-14-13/h2-6,13-15H,7-11H2,1H3. The summed E-state index contributed by atoms with van der Waals surface area (Å²) in [6.45, 7) is 2.65. The second-order valence-corrected chi connectivity index (χ2v) is 6.68. The normalized spacial score (nSPS) is 20.2.